The third kappa shape index (κ3) is 3.39. The summed E-state index contributed by atoms with van der Waals surface area (Å²) in [5.41, 5.74) is 3.67. The second-order valence-corrected chi connectivity index (χ2v) is 8.45. The number of hydrogen-bond acceptors (Lipinski definition) is 6. The Morgan fingerprint density at radius 1 is 1.21 bits per heavy atom. The van der Waals surface area contributed by atoms with Crippen LogP contribution in [-0.2, 0) is 22.6 Å². The first kappa shape index (κ1) is 21.0. The molecule has 0 N–H and O–H groups in total. The van der Waals surface area contributed by atoms with E-state index in [1.807, 2.05) is 34.3 Å². The molecule has 0 fully saturated rings. The van der Waals surface area contributed by atoms with Crippen molar-refractivity contribution < 1.29 is 13.9 Å². The van der Waals surface area contributed by atoms with Crippen molar-refractivity contribution in [3.8, 4) is 17.1 Å². The van der Waals surface area contributed by atoms with Crippen molar-refractivity contribution in [1.82, 2.24) is 24.3 Å². The molecule has 0 aliphatic carbocycles. The summed E-state index contributed by atoms with van der Waals surface area (Å²) in [5.74, 6) is 1.48. The molecular formula is C24H20ClFN6O2. The van der Waals surface area contributed by atoms with Crippen LogP contribution in [0, 0.1) is 5.82 Å². The quantitative estimate of drug-likeness (QED) is 0.375. The molecule has 0 saturated heterocycles. The van der Waals surface area contributed by atoms with E-state index >= 15 is 0 Å². The summed E-state index contributed by atoms with van der Waals surface area (Å²) in [6, 6.07) is 11.8. The van der Waals surface area contributed by atoms with Crippen LogP contribution >= 0.6 is 11.6 Å². The van der Waals surface area contributed by atoms with E-state index in [-0.39, 0.29) is 12.4 Å². The van der Waals surface area contributed by atoms with Crippen LogP contribution in [0.4, 0.5) is 4.39 Å². The van der Waals surface area contributed by atoms with Gasteiger partial charge in [0.15, 0.2) is 11.6 Å². The Morgan fingerprint density at radius 3 is 2.94 bits per heavy atom. The molecule has 2 aliphatic heterocycles. The summed E-state index contributed by atoms with van der Waals surface area (Å²) in [6.45, 7) is 3.51. The molecule has 172 valence electrons. The summed E-state index contributed by atoms with van der Waals surface area (Å²) < 4.78 is 29.8. The van der Waals surface area contributed by atoms with Crippen molar-refractivity contribution in [1.29, 1.82) is 0 Å². The molecule has 0 amide bonds. The number of benzene rings is 2. The van der Waals surface area contributed by atoms with Crippen LogP contribution in [0.2, 0.25) is 5.02 Å². The average Bonchev–Trinajstić information content (AvgIpc) is 3.56. The number of halogens is 2. The standard InChI is InChI=1S/C24H20ClFN6O2/c1-2-33-12-21-29-30-23-16-9-14(25)7-8-19(16)32-13-27-22(20(32)10-31(21)23)24-28-18(11-34-24)15-5-3-4-6-17(15)26/h3-9,13,18H,2,10-12H2,1H3/t18-/m1/s1. The predicted octanol–water partition coefficient (Wildman–Crippen LogP) is 4.34. The number of aromatic nitrogens is 5. The zero-order valence-corrected chi connectivity index (χ0v) is 19.0. The van der Waals surface area contributed by atoms with Crippen LogP contribution in [0.1, 0.15) is 35.7 Å². The van der Waals surface area contributed by atoms with Gasteiger partial charge in [0.2, 0.25) is 5.90 Å². The van der Waals surface area contributed by atoms with E-state index in [0.717, 1.165) is 16.9 Å². The molecule has 0 unspecified atom stereocenters. The Balaban J connectivity index is 1.47. The third-order valence-corrected chi connectivity index (χ3v) is 6.25. The van der Waals surface area contributed by atoms with E-state index in [1.165, 1.54) is 6.07 Å². The highest BCUT2D eigenvalue weighted by Crippen LogP contribution is 2.35. The van der Waals surface area contributed by atoms with Crippen LogP contribution in [0.5, 0.6) is 0 Å². The van der Waals surface area contributed by atoms with Gasteiger partial charge in [0.1, 0.15) is 37.1 Å². The number of imidazole rings is 1. The molecule has 10 heteroatoms. The van der Waals surface area contributed by atoms with E-state index in [1.54, 1.807) is 24.5 Å². The van der Waals surface area contributed by atoms with E-state index in [9.17, 15) is 4.39 Å². The molecule has 0 spiro atoms. The molecule has 2 aliphatic rings. The molecule has 6 rings (SSSR count). The normalized spacial score (nSPS) is 16.3. The number of aliphatic imine (C=N–C) groups is 1. The zero-order valence-electron chi connectivity index (χ0n) is 18.3. The molecule has 1 atom stereocenters. The van der Waals surface area contributed by atoms with Crippen molar-refractivity contribution in [3.05, 3.63) is 82.4 Å². The molecule has 4 heterocycles. The summed E-state index contributed by atoms with van der Waals surface area (Å²) in [4.78, 5) is 9.32. The topological polar surface area (TPSA) is 79.3 Å². The van der Waals surface area contributed by atoms with E-state index in [0.29, 0.717) is 53.6 Å². The Kier molecular flexibility index (Phi) is 5.15. The van der Waals surface area contributed by atoms with Gasteiger partial charge in [0.25, 0.3) is 0 Å². The van der Waals surface area contributed by atoms with Crippen LogP contribution in [0.25, 0.3) is 17.1 Å². The highest BCUT2D eigenvalue weighted by molar-refractivity contribution is 6.31. The number of rotatable bonds is 5. The molecule has 8 nitrogen and oxygen atoms in total. The molecule has 0 radical (unpaired) electrons. The SMILES string of the molecule is CCOCc1nnc2n1Cc1c(C3=N[C@@H](c4ccccc4F)CO3)ncn1-c1ccc(Cl)cc1-2. The first-order valence-corrected chi connectivity index (χ1v) is 11.3. The highest BCUT2D eigenvalue weighted by atomic mass is 35.5. The molecule has 34 heavy (non-hydrogen) atoms. The number of ether oxygens (including phenoxy) is 2. The van der Waals surface area contributed by atoms with Gasteiger partial charge in [-0.1, -0.05) is 29.8 Å². The lowest BCUT2D eigenvalue weighted by molar-refractivity contribution is 0.125. The van der Waals surface area contributed by atoms with Gasteiger partial charge in [0, 0.05) is 22.8 Å². The minimum Gasteiger partial charge on any atom is -0.474 e. The molecule has 4 aromatic rings. The fourth-order valence-corrected chi connectivity index (χ4v) is 4.54. The van der Waals surface area contributed by atoms with Crippen molar-refractivity contribution in [2.45, 2.75) is 26.1 Å². The second-order valence-electron chi connectivity index (χ2n) is 8.02. The Morgan fingerprint density at radius 2 is 2.09 bits per heavy atom. The predicted molar refractivity (Wildman–Crippen MR) is 124 cm³/mol. The van der Waals surface area contributed by atoms with E-state index in [4.69, 9.17) is 21.1 Å². The van der Waals surface area contributed by atoms with Crippen molar-refractivity contribution in [2.75, 3.05) is 13.2 Å². The lowest BCUT2D eigenvalue weighted by Crippen LogP contribution is -2.13. The van der Waals surface area contributed by atoms with Crippen molar-refractivity contribution in [3.63, 3.8) is 0 Å². The maximum absolute atomic E-state index is 14.3. The summed E-state index contributed by atoms with van der Waals surface area (Å²) in [7, 11) is 0. The molecule has 2 aromatic carbocycles. The summed E-state index contributed by atoms with van der Waals surface area (Å²) in [6.07, 6.45) is 1.74. The van der Waals surface area contributed by atoms with Gasteiger partial charge < -0.3 is 14.0 Å². The van der Waals surface area contributed by atoms with Gasteiger partial charge in [-0.05, 0) is 31.2 Å². The lowest BCUT2D eigenvalue weighted by Gasteiger charge is -2.09. The maximum atomic E-state index is 14.3. The van der Waals surface area contributed by atoms with Gasteiger partial charge in [-0.25, -0.2) is 14.4 Å². The maximum Gasteiger partial charge on any atom is 0.238 e. The van der Waals surface area contributed by atoms with E-state index in [2.05, 4.69) is 20.2 Å². The van der Waals surface area contributed by atoms with Gasteiger partial charge in [0.05, 0.1) is 17.9 Å². The highest BCUT2D eigenvalue weighted by Gasteiger charge is 2.31. The third-order valence-electron chi connectivity index (χ3n) is 6.01. The average molecular weight is 479 g/mol. The number of fused-ring (bicyclic) bond motifs is 5. The monoisotopic (exact) mass is 478 g/mol. The second kappa shape index (κ2) is 8.34. The Hall–Kier alpha value is -3.56. The molecular weight excluding hydrogens is 459 g/mol. The van der Waals surface area contributed by atoms with Crippen LogP contribution in [-0.4, -0.2) is 43.4 Å². The van der Waals surface area contributed by atoms with Gasteiger partial charge in [-0.15, -0.1) is 10.2 Å². The molecule has 0 bridgehead atoms. The van der Waals surface area contributed by atoms with Gasteiger partial charge >= 0.3 is 0 Å². The molecule has 2 aromatic heterocycles. The largest absolute Gasteiger partial charge is 0.474 e. The van der Waals surface area contributed by atoms with Crippen LogP contribution < -0.4 is 0 Å². The number of nitrogens with zero attached hydrogens (tertiary/aromatic N) is 6. The minimum atomic E-state index is -0.426. The van der Waals surface area contributed by atoms with Crippen molar-refractivity contribution >= 4 is 17.5 Å². The fourth-order valence-electron chi connectivity index (χ4n) is 4.37. The lowest BCUT2D eigenvalue weighted by atomic mass is 10.1. The van der Waals surface area contributed by atoms with E-state index < -0.39 is 6.04 Å². The van der Waals surface area contributed by atoms with Crippen LogP contribution in [0.15, 0.2) is 53.8 Å². The first-order chi connectivity index (χ1) is 16.6. The summed E-state index contributed by atoms with van der Waals surface area (Å²) >= 11 is 6.33. The Bertz CT molecular complexity index is 1430. The summed E-state index contributed by atoms with van der Waals surface area (Å²) in [5, 5.41) is 9.40. The smallest absolute Gasteiger partial charge is 0.238 e. The minimum absolute atomic E-state index is 0.252. The zero-order chi connectivity index (χ0) is 23.2. The van der Waals surface area contributed by atoms with Crippen LogP contribution in [0.3, 0.4) is 0 Å². The van der Waals surface area contributed by atoms with Gasteiger partial charge in [-0.2, -0.15) is 0 Å². The first-order valence-electron chi connectivity index (χ1n) is 11.0. The number of hydrogen-bond donors (Lipinski definition) is 0. The fraction of sp³-hybridized carbons (Fsp3) is 0.250. The Labute approximate surface area is 199 Å². The van der Waals surface area contributed by atoms with Gasteiger partial charge in [-0.3, -0.25) is 4.57 Å². The van der Waals surface area contributed by atoms with Crippen molar-refractivity contribution in [2.24, 2.45) is 4.99 Å². The molecule has 0 saturated carbocycles.